The van der Waals surface area contributed by atoms with E-state index >= 15 is 0 Å². The zero-order valence-corrected chi connectivity index (χ0v) is 15.2. The maximum atomic E-state index is 12.7. The van der Waals surface area contributed by atoms with Crippen LogP contribution in [0, 0.1) is 6.92 Å². The second-order valence-corrected chi connectivity index (χ2v) is 6.42. The molecule has 29 heavy (non-hydrogen) atoms. The first-order chi connectivity index (χ1) is 13.8. The van der Waals surface area contributed by atoms with Crippen LogP contribution in [0.1, 0.15) is 27.2 Å². The van der Waals surface area contributed by atoms with Crippen LogP contribution in [0.25, 0.3) is 11.3 Å². The van der Waals surface area contributed by atoms with Crippen molar-refractivity contribution in [3.05, 3.63) is 64.8 Å². The van der Waals surface area contributed by atoms with Gasteiger partial charge in [0, 0.05) is 12.1 Å². The maximum absolute atomic E-state index is 12.7. The predicted molar refractivity (Wildman–Crippen MR) is 95.4 cm³/mol. The van der Waals surface area contributed by atoms with E-state index in [1.165, 1.54) is 12.1 Å². The molecule has 1 amide bonds. The number of aromatic nitrogens is 1. The number of nitrogens with one attached hydrogen (secondary N) is 1. The van der Waals surface area contributed by atoms with Gasteiger partial charge in [-0.15, -0.1) is 0 Å². The fraction of sp³-hybridized carbons (Fsp3) is 0.200. The van der Waals surface area contributed by atoms with Crippen LogP contribution in [-0.4, -0.2) is 17.9 Å². The Morgan fingerprint density at radius 3 is 2.55 bits per heavy atom. The highest BCUT2D eigenvalue weighted by molar-refractivity contribution is 6.00. The van der Waals surface area contributed by atoms with E-state index in [9.17, 15) is 18.0 Å². The molecule has 0 spiro atoms. The third-order valence-corrected chi connectivity index (χ3v) is 4.46. The zero-order valence-electron chi connectivity index (χ0n) is 15.2. The number of nitrogens with zero attached hydrogens (tertiary/aromatic N) is 1. The summed E-state index contributed by atoms with van der Waals surface area (Å²) in [6.45, 7) is 1.81. The largest absolute Gasteiger partial charge is 0.454 e. The molecule has 0 bridgehead atoms. The summed E-state index contributed by atoms with van der Waals surface area (Å²) in [5, 5.41) is 6.56. The van der Waals surface area contributed by atoms with Gasteiger partial charge in [-0.05, 0) is 42.8 Å². The molecule has 0 atom stereocenters. The minimum absolute atomic E-state index is 0.0577. The fourth-order valence-electron chi connectivity index (χ4n) is 2.95. The monoisotopic (exact) mass is 404 g/mol. The second kappa shape index (κ2) is 7.16. The van der Waals surface area contributed by atoms with Crippen LogP contribution in [-0.2, 0) is 12.7 Å². The molecular formula is C20H15F3N2O4. The number of rotatable bonds is 4. The van der Waals surface area contributed by atoms with Crippen LogP contribution < -0.4 is 14.8 Å². The van der Waals surface area contributed by atoms with Gasteiger partial charge < -0.3 is 19.3 Å². The summed E-state index contributed by atoms with van der Waals surface area (Å²) >= 11 is 0. The topological polar surface area (TPSA) is 73.6 Å². The molecule has 0 aliphatic carbocycles. The number of carbonyl (C=O) groups is 1. The molecule has 2 heterocycles. The molecule has 4 rings (SSSR count). The minimum Gasteiger partial charge on any atom is -0.454 e. The van der Waals surface area contributed by atoms with Gasteiger partial charge in [-0.3, -0.25) is 4.79 Å². The van der Waals surface area contributed by atoms with Gasteiger partial charge in [-0.25, -0.2) is 0 Å². The number of halogens is 3. The normalized spacial score (nSPS) is 12.8. The molecular weight excluding hydrogens is 389 g/mol. The number of hydrogen-bond donors (Lipinski definition) is 1. The Labute approximate surface area is 163 Å². The molecule has 3 aromatic rings. The van der Waals surface area contributed by atoms with Crippen molar-refractivity contribution in [2.45, 2.75) is 19.6 Å². The molecule has 0 fully saturated rings. The quantitative estimate of drug-likeness (QED) is 0.701. The number of aryl methyl sites for hydroxylation is 1. The molecule has 1 aromatic heterocycles. The highest BCUT2D eigenvalue weighted by atomic mass is 19.4. The lowest BCUT2D eigenvalue weighted by Crippen LogP contribution is -2.23. The van der Waals surface area contributed by atoms with Crippen LogP contribution in [0.5, 0.6) is 11.5 Å². The SMILES string of the molecule is Cc1noc(-c2ccc3c(c2)OCO3)c1C(=O)NCc1ccc(C(F)(F)F)cc1. The summed E-state index contributed by atoms with van der Waals surface area (Å²) in [4.78, 5) is 12.7. The van der Waals surface area contributed by atoms with Gasteiger partial charge in [-0.2, -0.15) is 13.2 Å². The van der Waals surface area contributed by atoms with E-state index in [1.54, 1.807) is 25.1 Å². The Kier molecular flexibility index (Phi) is 4.65. The van der Waals surface area contributed by atoms with E-state index in [1.807, 2.05) is 0 Å². The van der Waals surface area contributed by atoms with Crippen LogP contribution in [0.15, 0.2) is 47.0 Å². The summed E-state index contributed by atoms with van der Waals surface area (Å²) in [6.07, 6.45) is -4.40. The van der Waals surface area contributed by atoms with E-state index < -0.39 is 17.6 Å². The molecule has 9 heteroatoms. The standard InChI is InChI=1S/C20H15F3N2O4/c1-11-17(18(29-25-11)13-4-7-15-16(8-13)28-10-27-15)19(26)24-9-12-2-5-14(6-3-12)20(21,22)23/h2-8H,9-10H2,1H3,(H,24,26). The Morgan fingerprint density at radius 1 is 1.10 bits per heavy atom. The van der Waals surface area contributed by atoms with E-state index in [4.69, 9.17) is 14.0 Å². The van der Waals surface area contributed by atoms with Crippen LogP contribution in [0.3, 0.4) is 0 Å². The Bertz CT molecular complexity index is 1060. The molecule has 150 valence electrons. The highest BCUT2D eigenvalue weighted by Crippen LogP contribution is 2.37. The van der Waals surface area contributed by atoms with Crippen molar-refractivity contribution < 1.29 is 32.0 Å². The summed E-state index contributed by atoms with van der Waals surface area (Å²) in [6, 6.07) is 9.72. The average Bonchev–Trinajstić information content (AvgIpc) is 3.31. The fourth-order valence-corrected chi connectivity index (χ4v) is 2.95. The summed E-state index contributed by atoms with van der Waals surface area (Å²) in [5.74, 6) is 0.952. The first-order valence-electron chi connectivity index (χ1n) is 8.63. The molecule has 0 radical (unpaired) electrons. The molecule has 1 aliphatic rings. The second-order valence-electron chi connectivity index (χ2n) is 6.42. The Balaban J connectivity index is 1.52. The Morgan fingerprint density at radius 2 is 1.83 bits per heavy atom. The van der Waals surface area contributed by atoms with Gasteiger partial charge in [0.05, 0.1) is 11.3 Å². The molecule has 1 aliphatic heterocycles. The minimum atomic E-state index is -4.40. The summed E-state index contributed by atoms with van der Waals surface area (Å²) in [7, 11) is 0. The van der Waals surface area contributed by atoms with Gasteiger partial charge >= 0.3 is 6.18 Å². The predicted octanol–water partition coefficient (Wildman–Crippen LogP) is 4.33. The van der Waals surface area contributed by atoms with Gasteiger partial charge in [0.25, 0.3) is 5.91 Å². The van der Waals surface area contributed by atoms with Crippen LogP contribution in [0.4, 0.5) is 13.2 Å². The van der Waals surface area contributed by atoms with Crippen molar-refractivity contribution in [2.24, 2.45) is 0 Å². The van der Waals surface area contributed by atoms with Crippen molar-refractivity contribution in [1.82, 2.24) is 10.5 Å². The van der Waals surface area contributed by atoms with Gasteiger partial charge in [-0.1, -0.05) is 17.3 Å². The first-order valence-corrected chi connectivity index (χ1v) is 8.63. The van der Waals surface area contributed by atoms with Crippen molar-refractivity contribution >= 4 is 5.91 Å². The van der Waals surface area contributed by atoms with Crippen molar-refractivity contribution in [3.8, 4) is 22.8 Å². The molecule has 0 saturated carbocycles. The number of fused-ring (bicyclic) bond motifs is 1. The Hall–Kier alpha value is -3.49. The third kappa shape index (κ3) is 3.75. The van der Waals surface area contributed by atoms with Crippen LogP contribution in [0.2, 0.25) is 0 Å². The smallest absolute Gasteiger partial charge is 0.416 e. The molecule has 0 unspecified atom stereocenters. The molecule has 2 aromatic carbocycles. The molecule has 1 N–H and O–H groups in total. The van der Waals surface area contributed by atoms with Gasteiger partial charge in [0.15, 0.2) is 17.3 Å². The van der Waals surface area contributed by atoms with E-state index in [2.05, 4.69) is 10.5 Å². The lowest BCUT2D eigenvalue weighted by molar-refractivity contribution is -0.137. The van der Waals surface area contributed by atoms with Crippen molar-refractivity contribution in [3.63, 3.8) is 0 Å². The first kappa shape index (κ1) is 18.9. The summed E-state index contributed by atoms with van der Waals surface area (Å²) < 4.78 is 53.9. The maximum Gasteiger partial charge on any atom is 0.416 e. The lowest BCUT2D eigenvalue weighted by atomic mass is 10.1. The van der Waals surface area contributed by atoms with E-state index in [-0.39, 0.29) is 24.7 Å². The number of carbonyl (C=O) groups excluding carboxylic acids is 1. The van der Waals surface area contributed by atoms with E-state index in [0.717, 1.165) is 12.1 Å². The average molecular weight is 404 g/mol. The third-order valence-electron chi connectivity index (χ3n) is 4.46. The molecule has 6 nitrogen and oxygen atoms in total. The van der Waals surface area contributed by atoms with Gasteiger partial charge in [0.1, 0.15) is 5.56 Å². The summed E-state index contributed by atoms with van der Waals surface area (Å²) in [5.41, 5.74) is 1.02. The van der Waals surface area contributed by atoms with E-state index in [0.29, 0.717) is 28.3 Å². The zero-order chi connectivity index (χ0) is 20.6. The highest BCUT2D eigenvalue weighted by Gasteiger charge is 2.30. The van der Waals surface area contributed by atoms with Gasteiger partial charge in [0.2, 0.25) is 6.79 Å². The van der Waals surface area contributed by atoms with Crippen molar-refractivity contribution in [2.75, 3.05) is 6.79 Å². The van der Waals surface area contributed by atoms with Crippen LogP contribution >= 0.6 is 0 Å². The number of hydrogen-bond acceptors (Lipinski definition) is 5. The number of alkyl halides is 3. The lowest BCUT2D eigenvalue weighted by Gasteiger charge is -2.09. The van der Waals surface area contributed by atoms with Crippen molar-refractivity contribution in [1.29, 1.82) is 0 Å². The molecule has 0 saturated heterocycles. The number of amides is 1. The number of ether oxygens (including phenoxy) is 2. The number of benzene rings is 2.